The SMILES string of the molecule is COc1c(Br)cc2[nH]c(Br)c(NC(C)=O)c2c1Br. The van der Waals surface area contributed by atoms with Crippen molar-refractivity contribution >= 4 is 70.3 Å². The third-order valence-corrected chi connectivity index (χ3v) is 4.34. The number of hydrogen-bond acceptors (Lipinski definition) is 2. The summed E-state index contributed by atoms with van der Waals surface area (Å²) in [7, 11) is 1.59. The smallest absolute Gasteiger partial charge is 0.221 e. The first-order valence-corrected chi connectivity index (χ1v) is 7.34. The summed E-state index contributed by atoms with van der Waals surface area (Å²) in [5.74, 6) is 0.547. The molecule has 0 aliphatic carbocycles. The van der Waals surface area contributed by atoms with Crippen LogP contribution in [0.15, 0.2) is 19.6 Å². The Bertz CT molecular complexity index is 637. The van der Waals surface area contributed by atoms with E-state index in [0.717, 1.165) is 19.8 Å². The van der Waals surface area contributed by atoms with Crippen LogP contribution in [0.5, 0.6) is 5.75 Å². The number of anilines is 1. The summed E-state index contributed by atoms with van der Waals surface area (Å²) in [6.07, 6.45) is 0. The van der Waals surface area contributed by atoms with E-state index in [1.54, 1.807) is 7.11 Å². The van der Waals surface area contributed by atoms with Gasteiger partial charge in [0.15, 0.2) is 0 Å². The van der Waals surface area contributed by atoms with E-state index in [9.17, 15) is 4.79 Å². The quantitative estimate of drug-likeness (QED) is 0.726. The lowest BCUT2D eigenvalue weighted by atomic mass is 10.2. The van der Waals surface area contributed by atoms with E-state index >= 15 is 0 Å². The van der Waals surface area contributed by atoms with Crippen molar-refractivity contribution in [2.24, 2.45) is 0 Å². The molecule has 2 N–H and O–H groups in total. The van der Waals surface area contributed by atoms with Crippen molar-refractivity contribution in [3.8, 4) is 5.75 Å². The Hall–Kier alpha value is -0.530. The van der Waals surface area contributed by atoms with Gasteiger partial charge in [0.2, 0.25) is 5.91 Å². The monoisotopic (exact) mass is 438 g/mol. The minimum absolute atomic E-state index is 0.134. The predicted molar refractivity (Wildman–Crippen MR) is 82.3 cm³/mol. The standard InChI is InChI=1S/C11H9Br3N2O2/c1-4(17)15-9-7-6(16-11(9)14)3-5(12)10(18-2)8(7)13/h3,16H,1-2H3,(H,15,17). The molecule has 1 amide bonds. The maximum absolute atomic E-state index is 11.2. The predicted octanol–water partition coefficient (Wildman–Crippen LogP) is 4.42. The molecule has 0 saturated carbocycles. The van der Waals surface area contributed by atoms with Crippen molar-refractivity contribution in [2.75, 3.05) is 12.4 Å². The molecule has 96 valence electrons. The van der Waals surface area contributed by atoms with Crippen LogP contribution in [0.1, 0.15) is 6.92 Å². The minimum Gasteiger partial charge on any atom is -0.494 e. The van der Waals surface area contributed by atoms with Gasteiger partial charge in [-0.15, -0.1) is 0 Å². The van der Waals surface area contributed by atoms with Crippen LogP contribution < -0.4 is 10.1 Å². The Morgan fingerprint density at radius 3 is 2.61 bits per heavy atom. The zero-order valence-electron chi connectivity index (χ0n) is 9.53. The molecule has 0 aliphatic heterocycles. The topological polar surface area (TPSA) is 54.1 Å². The summed E-state index contributed by atoms with van der Waals surface area (Å²) in [5, 5.41) is 3.65. The van der Waals surface area contributed by atoms with Crippen molar-refractivity contribution in [1.82, 2.24) is 4.98 Å². The van der Waals surface area contributed by atoms with Crippen molar-refractivity contribution in [3.05, 3.63) is 19.6 Å². The Balaban J connectivity index is 2.79. The fourth-order valence-electron chi connectivity index (χ4n) is 1.72. The Morgan fingerprint density at radius 2 is 2.06 bits per heavy atom. The molecule has 0 spiro atoms. The van der Waals surface area contributed by atoms with Gasteiger partial charge in [-0.3, -0.25) is 4.79 Å². The number of carbonyl (C=O) groups excluding carboxylic acids is 1. The molecule has 18 heavy (non-hydrogen) atoms. The summed E-state index contributed by atoms with van der Waals surface area (Å²) in [4.78, 5) is 14.4. The van der Waals surface area contributed by atoms with E-state index in [1.165, 1.54) is 6.92 Å². The molecule has 2 aromatic rings. The Kier molecular flexibility index (Phi) is 4.03. The molecular formula is C11H9Br3N2O2. The van der Waals surface area contributed by atoms with Crippen molar-refractivity contribution in [2.45, 2.75) is 6.92 Å². The molecule has 0 saturated heterocycles. The van der Waals surface area contributed by atoms with Crippen LogP contribution in [0.4, 0.5) is 5.69 Å². The van der Waals surface area contributed by atoms with E-state index < -0.39 is 0 Å². The molecule has 4 nitrogen and oxygen atoms in total. The van der Waals surface area contributed by atoms with Gasteiger partial charge in [-0.1, -0.05) is 0 Å². The maximum atomic E-state index is 11.2. The largest absolute Gasteiger partial charge is 0.494 e. The number of methoxy groups -OCH3 is 1. The van der Waals surface area contributed by atoms with Gasteiger partial charge in [-0.2, -0.15) is 0 Å². The van der Waals surface area contributed by atoms with Gasteiger partial charge >= 0.3 is 0 Å². The normalized spacial score (nSPS) is 10.7. The Labute approximate surface area is 129 Å². The number of halogens is 3. The van der Waals surface area contributed by atoms with Crippen molar-refractivity contribution in [3.63, 3.8) is 0 Å². The number of fused-ring (bicyclic) bond motifs is 1. The van der Waals surface area contributed by atoms with Crippen LogP contribution >= 0.6 is 47.8 Å². The average molecular weight is 441 g/mol. The van der Waals surface area contributed by atoms with Crippen LogP contribution in [-0.4, -0.2) is 18.0 Å². The molecule has 0 atom stereocenters. The number of aromatic nitrogens is 1. The summed E-state index contributed by atoms with van der Waals surface area (Å²) >= 11 is 10.3. The van der Waals surface area contributed by atoms with E-state index in [0.29, 0.717) is 16.0 Å². The molecule has 2 rings (SSSR count). The second-order valence-electron chi connectivity index (χ2n) is 3.62. The molecule has 0 bridgehead atoms. The zero-order valence-corrected chi connectivity index (χ0v) is 14.3. The molecule has 7 heteroatoms. The highest BCUT2D eigenvalue weighted by Gasteiger charge is 2.18. The van der Waals surface area contributed by atoms with E-state index in [1.807, 2.05) is 6.07 Å². The van der Waals surface area contributed by atoms with Crippen LogP contribution in [0, 0.1) is 0 Å². The lowest BCUT2D eigenvalue weighted by molar-refractivity contribution is -0.114. The lowest BCUT2D eigenvalue weighted by Crippen LogP contribution is -2.05. The lowest BCUT2D eigenvalue weighted by Gasteiger charge is -2.08. The summed E-state index contributed by atoms with van der Waals surface area (Å²) in [5.41, 5.74) is 1.57. The minimum atomic E-state index is -0.134. The number of ether oxygens (including phenoxy) is 1. The van der Waals surface area contributed by atoms with Crippen LogP contribution in [0.2, 0.25) is 0 Å². The first kappa shape index (κ1) is 13.9. The van der Waals surface area contributed by atoms with Gasteiger partial charge in [-0.25, -0.2) is 0 Å². The highest BCUT2D eigenvalue weighted by molar-refractivity contribution is 9.11. The second kappa shape index (κ2) is 5.22. The third-order valence-electron chi connectivity index (χ3n) is 2.40. The first-order valence-electron chi connectivity index (χ1n) is 4.96. The molecule has 0 unspecified atom stereocenters. The van der Waals surface area contributed by atoms with Crippen molar-refractivity contribution < 1.29 is 9.53 Å². The second-order valence-corrected chi connectivity index (χ2v) is 6.06. The van der Waals surface area contributed by atoms with E-state index in [-0.39, 0.29) is 5.91 Å². The number of H-pyrrole nitrogens is 1. The molecule has 0 radical (unpaired) electrons. The molecule has 1 heterocycles. The number of carbonyl (C=O) groups is 1. The molecule has 0 fully saturated rings. The third kappa shape index (κ3) is 2.31. The van der Waals surface area contributed by atoms with Crippen LogP contribution in [0.25, 0.3) is 10.9 Å². The zero-order chi connectivity index (χ0) is 13.4. The highest BCUT2D eigenvalue weighted by atomic mass is 79.9. The van der Waals surface area contributed by atoms with Crippen molar-refractivity contribution in [1.29, 1.82) is 0 Å². The van der Waals surface area contributed by atoms with Gasteiger partial charge in [0.1, 0.15) is 10.4 Å². The summed E-state index contributed by atoms with van der Waals surface area (Å²) < 4.78 is 7.64. The van der Waals surface area contributed by atoms with Gasteiger partial charge in [0.05, 0.1) is 27.3 Å². The molecule has 1 aromatic carbocycles. The number of benzene rings is 1. The molecule has 1 aromatic heterocycles. The van der Waals surface area contributed by atoms with Gasteiger partial charge in [0, 0.05) is 12.3 Å². The fourth-order valence-corrected chi connectivity index (χ4v) is 3.87. The number of amides is 1. The first-order chi connectivity index (χ1) is 8.45. The number of aromatic amines is 1. The maximum Gasteiger partial charge on any atom is 0.221 e. The number of rotatable bonds is 2. The van der Waals surface area contributed by atoms with Gasteiger partial charge in [0.25, 0.3) is 0 Å². The molecule has 0 aliphatic rings. The fraction of sp³-hybridized carbons (Fsp3) is 0.182. The highest BCUT2D eigenvalue weighted by Crippen LogP contribution is 2.44. The van der Waals surface area contributed by atoms with Crippen LogP contribution in [0.3, 0.4) is 0 Å². The van der Waals surface area contributed by atoms with Crippen LogP contribution in [-0.2, 0) is 4.79 Å². The Morgan fingerprint density at radius 1 is 1.39 bits per heavy atom. The van der Waals surface area contributed by atoms with E-state index in [2.05, 4.69) is 58.1 Å². The molecular weight excluding hydrogens is 432 g/mol. The van der Waals surface area contributed by atoms with Gasteiger partial charge < -0.3 is 15.0 Å². The summed E-state index contributed by atoms with van der Waals surface area (Å²) in [6.45, 7) is 1.47. The van der Waals surface area contributed by atoms with E-state index in [4.69, 9.17) is 4.74 Å². The van der Waals surface area contributed by atoms with Gasteiger partial charge in [-0.05, 0) is 53.9 Å². The number of hydrogen-bond donors (Lipinski definition) is 2. The average Bonchev–Trinajstić information content (AvgIpc) is 2.55. The number of nitrogens with one attached hydrogen (secondary N) is 2. The summed E-state index contributed by atoms with van der Waals surface area (Å²) in [6, 6.07) is 1.90.